The summed E-state index contributed by atoms with van der Waals surface area (Å²) in [7, 11) is 0. The Labute approximate surface area is 162 Å². The van der Waals surface area contributed by atoms with Gasteiger partial charge in [-0.3, -0.25) is 19.7 Å². The number of aromatic amines is 1. The minimum absolute atomic E-state index is 0.0353. The number of thiophene rings is 1. The minimum Gasteiger partial charge on any atom is -0.325 e. The van der Waals surface area contributed by atoms with Crippen LogP contribution in [-0.4, -0.2) is 26.6 Å². The maximum atomic E-state index is 12.2. The quantitative estimate of drug-likeness (QED) is 0.480. The molecule has 0 radical (unpaired) electrons. The van der Waals surface area contributed by atoms with E-state index in [2.05, 4.69) is 15.3 Å². The summed E-state index contributed by atoms with van der Waals surface area (Å²) in [4.78, 5) is 43.4. The summed E-state index contributed by atoms with van der Waals surface area (Å²) in [5.74, 6) is 0.859. The molecule has 2 aromatic heterocycles. The van der Waals surface area contributed by atoms with Crippen LogP contribution < -0.4 is 10.9 Å². The number of aryl methyl sites for hydroxylation is 2. The van der Waals surface area contributed by atoms with Crippen molar-refractivity contribution in [1.29, 1.82) is 0 Å². The predicted molar refractivity (Wildman–Crippen MR) is 108 cm³/mol. The molecule has 0 aliphatic carbocycles. The van der Waals surface area contributed by atoms with Gasteiger partial charge in [0, 0.05) is 22.7 Å². The van der Waals surface area contributed by atoms with E-state index in [1.807, 2.05) is 13.8 Å². The van der Waals surface area contributed by atoms with Gasteiger partial charge in [-0.2, -0.15) is 0 Å². The normalized spacial score (nSPS) is 10.9. The molecule has 0 spiro atoms. The third-order valence-corrected chi connectivity index (χ3v) is 5.97. The standard InChI is InChI=1S/C17H16N4O4S2/c1-9-10(2)27-17-15(9)16(23)19-13(20-17)7-26-8-14(22)18-11-3-5-12(6-4-11)21(24)25/h3-6H,7-8H2,1-2H3,(H,18,22)(H,19,20,23). The highest BCUT2D eigenvalue weighted by Gasteiger charge is 2.12. The van der Waals surface area contributed by atoms with E-state index in [0.717, 1.165) is 10.4 Å². The fourth-order valence-corrected chi connectivity index (χ4v) is 4.21. The summed E-state index contributed by atoms with van der Waals surface area (Å²) in [6.45, 7) is 3.86. The topological polar surface area (TPSA) is 118 Å². The molecule has 0 saturated carbocycles. The van der Waals surface area contributed by atoms with E-state index in [0.29, 0.717) is 27.5 Å². The Kier molecular flexibility index (Phi) is 5.57. The number of nitro benzene ring substituents is 1. The molecule has 1 amide bonds. The van der Waals surface area contributed by atoms with Crippen LogP contribution in [0.4, 0.5) is 11.4 Å². The zero-order valence-corrected chi connectivity index (χ0v) is 16.2. The molecule has 8 nitrogen and oxygen atoms in total. The van der Waals surface area contributed by atoms with Crippen LogP contribution in [0, 0.1) is 24.0 Å². The predicted octanol–water partition coefficient (Wildman–Crippen LogP) is 3.38. The number of non-ortho nitro benzene ring substituents is 1. The van der Waals surface area contributed by atoms with Gasteiger partial charge in [-0.15, -0.1) is 23.1 Å². The molecule has 27 heavy (non-hydrogen) atoms. The number of nitro groups is 1. The molecule has 0 aliphatic rings. The summed E-state index contributed by atoms with van der Waals surface area (Å²) in [5, 5.41) is 13.9. The average molecular weight is 404 g/mol. The lowest BCUT2D eigenvalue weighted by atomic mass is 10.2. The molecule has 0 fully saturated rings. The Morgan fingerprint density at radius 1 is 1.33 bits per heavy atom. The molecule has 0 unspecified atom stereocenters. The zero-order chi connectivity index (χ0) is 19.6. The van der Waals surface area contributed by atoms with Gasteiger partial charge in [-0.25, -0.2) is 4.98 Å². The summed E-state index contributed by atoms with van der Waals surface area (Å²) in [6.07, 6.45) is 0. The first-order valence-corrected chi connectivity index (χ1v) is 9.93. The van der Waals surface area contributed by atoms with E-state index in [1.165, 1.54) is 47.4 Å². The van der Waals surface area contributed by atoms with Crippen LogP contribution in [0.3, 0.4) is 0 Å². The number of fused-ring (bicyclic) bond motifs is 1. The van der Waals surface area contributed by atoms with Crippen molar-refractivity contribution < 1.29 is 9.72 Å². The summed E-state index contributed by atoms with van der Waals surface area (Å²) < 4.78 is 0. The second-order valence-corrected chi connectivity index (χ2v) is 8.01. The first kappa shape index (κ1) is 19.1. The maximum absolute atomic E-state index is 12.2. The summed E-state index contributed by atoms with van der Waals surface area (Å²) >= 11 is 2.81. The van der Waals surface area contributed by atoms with Crippen molar-refractivity contribution in [3.8, 4) is 0 Å². The number of carbonyl (C=O) groups is 1. The van der Waals surface area contributed by atoms with E-state index in [-0.39, 0.29) is 22.9 Å². The number of aromatic nitrogens is 2. The van der Waals surface area contributed by atoms with Crippen molar-refractivity contribution in [3.05, 3.63) is 61.0 Å². The molecular formula is C17H16N4O4S2. The minimum atomic E-state index is -0.497. The van der Waals surface area contributed by atoms with Crippen LogP contribution in [0.25, 0.3) is 10.2 Å². The lowest BCUT2D eigenvalue weighted by Crippen LogP contribution is -2.15. The molecule has 3 aromatic rings. The fraction of sp³-hybridized carbons (Fsp3) is 0.235. The molecule has 10 heteroatoms. The Morgan fingerprint density at radius 2 is 2.04 bits per heavy atom. The first-order valence-electron chi connectivity index (χ1n) is 7.96. The molecule has 0 bridgehead atoms. The second-order valence-electron chi connectivity index (χ2n) is 5.82. The van der Waals surface area contributed by atoms with Gasteiger partial charge in [0.2, 0.25) is 5.91 Å². The third-order valence-electron chi connectivity index (χ3n) is 3.92. The Balaban J connectivity index is 1.57. The Hall–Kier alpha value is -2.72. The molecule has 140 valence electrons. The highest BCUT2D eigenvalue weighted by atomic mass is 32.2. The van der Waals surface area contributed by atoms with Gasteiger partial charge in [0.05, 0.1) is 21.8 Å². The number of anilines is 1. The number of carbonyl (C=O) groups excluding carboxylic acids is 1. The molecule has 0 saturated heterocycles. The molecule has 0 aliphatic heterocycles. The fourth-order valence-electron chi connectivity index (χ4n) is 2.47. The lowest BCUT2D eigenvalue weighted by molar-refractivity contribution is -0.384. The number of H-pyrrole nitrogens is 1. The Bertz CT molecular complexity index is 1070. The molecular weight excluding hydrogens is 388 g/mol. The highest BCUT2D eigenvalue weighted by molar-refractivity contribution is 7.99. The third kappa shape index (κ3) is 4.34. The SMILES string of the molecule is Cc1sc2nc(CSCC(=O)Nc3ccc([N+](=O)[O-])cc3)[nH]c(=O)c2c1C. The zero-order valence-electron chi connectivity index (χ0n) is 14.6. The molecule has 0 atom stereocenters. The van der Waals surface area contributed by atoms with Gasteiger partial charge >= 0.3 is 0 Å². The van der Waals surface area contributed by atoms with E-state index in [9.17, 15) is 19.7 Å². The number of rotatable bonds is 6. The highest BCUT2D eigenvalue weighted by Crippen LogP contribution is 2.26. The molecule has 2 N–H and O–H groups in total. The van der Waals surface area contributed by atoms with E-state index in [4.69, 9.17) is 0 Å². The average Bonchev–Trinajstić information content (AvgIpc) is 2.90. The van der Waals surface area contributed by atoms with Crippen molar-refractivity contribution in [2.24, 2.45) is 0 Å². The van der Waals surface area contributed by atoms with Gasteiger partial charge in [0.1, 0.15) is 10.7 Å². The van der Waals surface area contributed by atoms with Crippen molar-refractivity contribution in [1.82, 2.24) is 9.97 Å². The van der Waals surface area contributed by atoms with Gasteiger partial charge < -0.3 is 10.3 Å². The van der Waals surface area contributed by atoms with Gasteiger partial charge in [-0.1, -0.05) is 0 Å². The van der Waals surface area contributed by atoms with Gasteiger partial charge in [0.15, 0.2) is 0 Å². The van der Waals surface area contributed by atoms with Gasteiger partial charge in [-0.05, 0) is 31.5 Å². The van der Waals surface area contributed by atoms with E-state index >= 15 is 0 Å². The van der Waals surface area contributed by atoms with Crippen molar-refractivity contribution in [3.63, 3.8) is 0 Å². The summed E-state index contributed by atoms with van der Waals surface area (Å²) in [5.41, 5.74) is 1.24. The van der Waals surface area contributed by atoms with Crippen LogP contribution in [0.5, 0.6) is 0 Å². The van der Waals surface area contributed by atoms with Crippen molar-refractivity contribution >= 4 is 50.6 Å². The number of hydrogen-bond donors (Lipinski definition) is 2. The van der Waals surface area contributed by atoms with Crippen molar-refractivity contribution in [2.75, 3.05) is 11.1 Å². The number of nitrogens with zero attached hydrogens (tertiary/aromatic N) is 2. The lowest BCUT2D eigenvalue weighted by Gasteiger charge is -2.05. The van der Waals surface area contributed by atoms with Crippen LogP contribution in [0.2, 0.25) is 0 Å². The Morgan fingerprint density at radius 3 is 2.70 bits per heavy atom. The maximum Gasteiger partial charge on any atom is 0.269 e. The summed E-state index contributed by atoms with van der Waals surface area (Å²) in [6, 6.07) is 5.62. The monoisotopic (exact) mass is 404 g/mol. The largest absolute Gasteiger partial charge is 0.325 e. The second kappa shape index (κ2) is 7.89. The molecule has 1 aromatic carbocycles. The van der Waals surface area contributed by atoms with Crippen molar-refractivity contribution in [2.45, 2.75) is 19.6 Å². The number of hydrogen-bond acceptors (Lipinski definition) is 7. The smallest absolute Gasteiger partial charge is 0.269 e. The van der Waals surface area contributed by atoms with E-state index < -0.39 is 4.92 Å². The number of nitrogens with one attached hydrogen (secondary N) is 2. The van der Waals surface area contributed by atoms with Crippen LogP contribution in [0.15, 0.2) is 29.1 Å². The van der Waals surface area contributed by atoms with Gasteiger partial charge in [0.25, 0.3) is 11.2 Å². The van der Waals surface area contributed by atoms with E-state index in [1.54, 1.807) is 0 Å². The first-order chi connectivity index (χ1) is 12.8. The number of benzene rings is 1. The molecule has 3 rings (SSSR count). The van der Waals surface area contributed by atoms with Crippen LogP contribution >= 0.6 is 23.1 Å². The number of thioether (sulfide) groups is 1. The van der Waals surface area contributed by atoms with Crippen LogP contribution in [0.1, 0.15) is 16.3 Å². The number of amides is 1. The van der Waals surface area contributed by atoms with Crippen LogP contribution in [-0.2, 0) is 10.5 Å². The molecule has 2 heterocycles.